The Bertz CT molecular complexity index is 1750. The summed E-state index contributed by atoms with van der Waals surface area (Å²) in [6, 6.07) is 7.52. The molecule has 1 aliphatic heterocycles. The van der Waals surface area contributed by atoms with Crippen LogP contribution in [0.5, 0.6) is 0 Å². The largest absolute Gasteiger partial charge is 0.478 e. The summed E-state index contributed by atoms with van der Waals surface area (Å²) in [5.74, 6) is 2.16. The monoisotopic (exact) mass is 732 g/mol. The molecule has 7 nitrogen and oxygen atoms in total. The number of carbonyl (C=O) groups is 2. The van der Waals surface area contributed by atoms with Gasteiger partial charge in [0.1, 0.15) is 0 Å². The van der Waals surface area contributed by atoms with E-state index in [0.29, 0.717) is 54.8 Å². The molecule has 1 heterocycles. The topological polar surface area (TPSA) is 95.0 Å². The molecule has 5 fully saturated rings. The van der Waals surface area contributed by atoms with Crippen LogP contribution in [-0.2, 0) is 14.6 Å². The number of allylic oxidation sites excluding steroid dienone is 3. The first-order chi connectivity index (χ1) is 24.3. The molecule has 1 aromatic carbocycles. The second kappa shape index (κ2) is 12.8. The minimum Gasteiger partial charge on any atom is -0.478 e. The lowest BCUT2D eigenvalue weighted by Gasteiger charge is -2.73. The predicted molar refractivity (Wildman–Crippen MR) is 209 cm³/mol. The van der Waals surface area contributed by atoms with Crippen molar-refractivity contribution in [2.24, 2.45) is 51.2 Å². The SMILES string of the molecule is C=C(C)C1CCC2(N(CCN3CCS(=O)(=O)CC3)C(C)=O)CCC3(C)C(CCC4C5(C)CC=C(c6ccc(C(=O)O)cc6)C(C)(C)C5CCC43C)C12. The number of carboxylic acids is 1. The molecule has 4 saturated carbocycles. The smallest absolute Gasteiger partial charge is 0.335 e. The molecule has 1 amide bonds. The minimum atomic E-state index is -2.95. The average Bonchev–Trinajstić information content (AvgIpc) is 3.46. The third-order valence-electron chi connectivity index (χ3n) is 17.0. The number of carbonyl (C=O) groups excluding carboxylic acids is 1. The summed E-state index contributed by atoms with van der Waals surface area (Å²) >= 11 is 0. The van der Waals surface area contributed by atoms with Gasteiger partial charge in [0.05, 0.1) is 17.1 Å². The molecule has 0 bridgehead atoms. The Kier molecular flexibility index (Phi) is 9.33. The van der Waals surface area contributed by atoms with Gasteiger partial charge in [0.25, 0.3) is 0 Å². The first-order valence-corrected chi connectivity index (χ1v) is 22.0. The van der Waals surface area contributed by atoms with E-state index >= 15 is 0 Å². The van der Waals surface area contributed by atoms with E-state index in [-0.39, 0.29) is 44.6 Å². The molecule has 1 N–H and O–H groups in total. The predicted octanol–water partition coefficient (Wildman–Crippen LogP) is 8.37. The average molecular weight is 733 g/mol. The van der Waals surface area contributed by atoms with Gasteiger partial charge in [-0.05, 0) is 139 Å². The van der Waals surface area contributed by atoms with Gasteiger partial charge in [-0.15, -0.1) is 0 Å². The summed E-state index contributed by atoms with van der Waals surface area (Å²) in [5, 5.41) is 9.50. The van der Waals surface area contributed by atoms with Gasteiger partial charge in [0.15, 0.2) is 9.84 Å². The highest BCUT2D eigenvalue weighted by Crippen LogP contribution is 2.77. The molecule has 0 radical (unpaired) electrons. The van der Waals surface area contributed by atoms with E-state index in [0.717, 1.165) is 44.2 Å². The van der Waals surface area contributed by atoms with E-state index in [1.807, 2.05) is 12.1 Å². The van der Waals surface area contributed by atoms with Gasteiger partial charge in [-0.1, -0.05) is 65.0 Å². The normalized spacial score (nSPS) is 40.7. The fourth-order valence-electron chi connectivity index (χ4n) is 14.4. The van der Waals surface area contributed by atoms with Crippen LogP contribution in [0.3, 0.4) is 0 Å². The fourth-order valence-corrected chi connectivity index (χ4v) is 15.6. The Morgan fingerprint density at radius 2 is 1.56 bits per heavy atom. The molecule has 9 unspecified atom stereocenters. The Hall–Kier alpha value is -2.45. The van der Waals surface area contributed by atoms with E-state index in [4.69, 9.17) is 0 Å². The Balaban J connectivity index is 1.19. The molecule has 0 aromatic heterocycles. The fraction of sp³-hybridized carbons (Fsp3) is 0.727. The highest BCUT2D eigenvalue weighted by molar-refractivity contribution is 7.91. The maximum atomic E-state index is 13.8. The summed E-state index contributed by atoms with van der Waals surface area (Å²) in [6.45, 7) is 23.9. The number of benzene rings is 1. The van der Waals surface area contributed by atoms with Crippen molar-refractivity contribution >= 4 is 27.3 Å². The number of fused-ring (bicyclic) bond motifs is 7. The Morgan fingerprint density at radius 1 is 0.885 bits per heavy atom. The lowest BCUT2D eigenvalue weighted by atomic mass is 9.33. The maximum absolute atomic E-state index is 13.8. The van der Waals surface area contributed by atoms with Crippen molar-refractivity contribution in [3.63, 3.8) is 0 Å². The number of hydrogen-bond donors (Lipinski definition) is 1. The standard InChI is InChI=1S/C44H64N2O5S/c1-29(2)33-15-20-44(46(30(3)47)24-23-45-25-27-52(50,51)28-26-45)22-21-42(7)35(38(33)44)13-14-37-41(6)18-16-34(31-9-11-32(12-10-31)39(48)49)40(4,5)36(41)17-19-43(37,42)8/h9-12,16,33,35-38H,1,13-15,17-28H2,2-8H3,(H,48,49). The van der Waals surface area contributed by atoms with Crippen molar-refractivity contribution in [1.82, 2.24) is 9.80 Å². The Morgan fingerprint density at radius 3 is 2.17 bits per heavy atom. The van der Waals surface area contributed by atoms with Gasteiger partial charge in [-0.3, -0.25) is 9.69 Å². The zero-order chi connectivity index (χ0) is 37.6. The third kappa shape index (κ3) is 5.61. The maximum Gasteiger partial charge on any atom is 0.335 e. The van der Waals surface area contributed by atoms with E-state index in [9.17, 15) is 23.1 Å². The zero-order valence-corrected chi connectivity index (χ0v) is 33.8. The van der Waals surface area contributed by atoms with E-state index in [1.54, 1.807) is 19.1 Å². The number of hydrogen-bond acceptors (Lipinski definition) is 5. The Labute approximate surface area is 313 Å². The van der Waals surface area contributed by atoms with Gasteiger partial charge >= 0.3 is 5.97 Å². The van der Waals surface area contributed by atoms with Crippen molar-refractivity contribution in [2.45, 2.75) is 112 Å². The molecule has 5 aliphatic carbocycles. The highest BCUT2D eigenvalue weighted by Gasteiger charge is 2.71. The summed E-state index contributed by atoms with van der Waals surface area (Å²) in [6.07, 6.45) is 12.7. The lowest BCUT2D eigenvalue weighted by molar-refractivity contribution is -0.227. The van der Waals surface area contributed by atoms with Crippen molar-refractivity contribution in [1.29, 1.82) is 0 Å². The zero-order valence-electron chi connectivity index (χ0n) is 33.0. The van der Waals surface area contributed by atoms with Crippen LogP contribution in [0.25, 0.3) is 5.57 Å². The number of carboxylic acid groups (broad SMARTS) is 1. The van der Waals surface area contributed by atoms with Crippen LogP contribution in [0.1, 0.15) is 122 Å². The van der Waals surface area contributed by atoms with Crippen LogP contribution in [0.15, 0.2) is 42.5 Å². The lowest BCUT2D eigenvalue weighted by Crippen LogP contribution is -2.69. The molecule has 9 atom stereocenters. The first-order valence-electron chi connectivity index (χ1n) is 20.2. The van der Waals surface area contributed by atoms with Crippen molar-refractivity contribution in [3.8, 4) is 0 Å². The quantitative estimate of drug-likeness (QED) is 0.283. The van der Waals surface area contributed by atoms with Crippen LogP contribution in [0, 0.1) is 51.2 Å². The van der Waals surface area contributed by atoms with Crippen LogP contribution in [0.4, 0.5) is 0 Å². The van der Waals surface area contributed by atoms with E-state index in [1.165, 1.54) is 36.8 Å². The van der Waals surface area contributed by atoms with Gasteiger partial charge in [-0.25, -0.2) is 13.2 Å². The summed E-state index contributed by atoms with van der Waals surface area (Å²) < 4.78 is 24.3. The molecule has 1 aromatic rings. The van der Waals surface area contributed by atoms with Crippen LogP contribution >= 0.6 is 0 Å². The molecule has 6 aliphatic rings. The number of aromatic carboxylic acids is 1. The van der Waals surface area contributed by atoms with Gasteiger partial charge < -0.3 is 10.0 Å². The molecule has 8 heteroatoms. The van der Waals surface area contributed by atoms with E-state index in [2.05, 4.69) is 64.0 Å². The summed E-state index contributed by atoms with van der Waals surface area (Å²) in [7, 11) is -2.95. The summed E-state index contributed by atoms with van der Waals surface area (Å²) in [4.78, 5) is 29.9. The first kappa shape index (κ1) is 37.8. The molecule has 7 rings (SSSR count). The van der Waals surface area contributed by atoms with Crippen molar-refractivity contribution in [2.75, 3.05) is 37.7 Å². The number of rotatable bonds is 7. The number of sulfone groups is 1. The van der Waals surface area contributed by atoms with Gasteiger partial charge in [0, 0.05) is 38.6 Å². The molecule has 0 spiro atoms. The third-order valence-corrected chi connectivity index (χ3v) is 18.6. The minimum absolute atomic E-state index is 0.0322. The van der Waals surface area contributed by atoms with Crippen LogP contribution in [-0.4, -0.2) is 78.4 Å². The van der Waals surface area contributed by atoms with Crippen molar-refractivity contribution < 1.29 is 23.1 Å². The molecule has 1 saturated heterocycles. The second-order valence-electron chi connectivity index (χ2n) is 19.4. The molecular weight excluding hydrogens is 669 g/mol. The number of nitrogens with zero attached hydrogens (tertiary/aromatic N) is 2. The van der Waals surface area contributed by atoms with Gasteiger partial charge in [0.2, 0.25) is 5.91 Å². The van der Waals surface area contributed by atoms with Gasteiger partial charge in [-0.2, -0.15) is 0 Å². The molecule has 52 heavy (non-hydrogen) atoms. The summed E-state index contributed by atoms with van der Waals surface area (Å²) in [5.41, 5.74) is 4.41. The molecular formula is C44H64N2O5S. The molecule has 286 valence electrons. The highest BCUT2D eigenvalue weighted by atomic mass is 32.2. The van der Waals surface area contributed by atoms with E-state index < -0.39 is 15.8 Å². The van der Waals surface area contributed by atoms with Crippen LogP contribution < -0.4 is 0 Å². The number of amides is 1. The van der Waals surface area contributed by atoms with Crippen molar-refractivity contribution in [3.05, 3.63) is 53.6 Å². The van der Waals surface area contributed by atoms with Crippen LogP contribution in [0.2, 0.25) is 0 Å². The second-order valence-corrected chi connectivity index (χ2v) is 21.7.